The molecule has 0 aromatic heterocycles. The van der Waals surface area contributed by atoms with Gasteiger partial charge in [-0.25, -0.2) is 0 Å². The normalized spacial score (nSPS) is 23.5. The van der Waals surface area contributed by atoms with Gasteiger partial charge in [0.2, 0.25) is 5.91 Å². The van der Waals surface area contributed by atoms with E-state index in [2.05, 4.69) is 37.9 Å². The van der Waals surface area contributed by atoms with E-state index in [0.29, 0.717) is 23.7 Å². The zero-order valence-electron chi connectivity index (χ0n) is 14.2. The van der Waals surface area contributed by atoms with Gasteiger partial charge in [-0.3, -0.25) is 4.79 Å². The first-order chi connectivity index (χ1) is 9.32. The first-order valence-electron chi connectivity index (χ1n) is 8.31. The Kier molecular flexibility index (Phi) is 6.54. The summed E-state index contributed by atoms with van der Waals surface area (Å²) < 4.78 is 0. The Morgan fingerprint density at radius 3 is 2.14 bits per heavy atom. The second-order valence-corrected chi connectivity index (χ2v) is 8.10. The van der Waals surface area contributed by atoms with Crippen LogP contribution in [0.2, 0.25) is 0 Å². The predicted octanol–water partition coefficient (Wildman–Crippen LogP) is 3.47. The fraction of sp³-hybridized carbons (Fsp3) is 0.941. The van der Waals surface area contributed by atoms with Crippen LogP contribution >= 0.6 is 12.4 Å². The topological polar surface area (TPSA) is 32.3 Å². The van der Waals surface area contributed by atoms with Gasteiger partial charge in [0.1, 0.15) is 0 Å². The largest absolute Gasteiger partial charge is 0.343 e. The molecule has 2 rings (SSSR count). The molecule has 3 nitrogen and oxygen atoms in total. The molecule has 2 heterocycles. The summed E-state index contributed by atoms with van der Waals surface area (Å²) in [6, 6.07) is 0. The van der Waals surface area contributed by atoms with Crippen LogP contribution in [0.1, 0.15) is 59.8 Å². The van der Waals surface area contributed by atoms with Gasteiger partial charge in [0.25, 0.3) is 0 Å². The highest BCUT2D eigenvalue weighted by Gasteiger charge is 2.37. The van der Waals surface area contributed by atoms with Crippen LogP contribution in [0.15, 0.2) is 0 Å². The van der Waals surface area contributed by atoms with Crippen LogP contribution in [-0.4, -0.2) is 37.0 Å². The summed E-state index contributed by atoms with van der Waals surface area (Å²) in [6.45, 7) is 13.2. The zero-order chi connectivity index (χ0) is 14.8. The lowest BCUT2D eigenvalue weighted by molar-refractivity contribution is -0.135. The van der Waals surface area contributed by atoms with E-state index < -0.39 is 0 Å². The van der Waals surface area contributed by atoms with Crippen LogP contribution in [0, 0.1) is 16.7 Å². The molecule has 0 aromatic rings. The van der Waals surface area contributed by atoms with E-state index in [-0.39, 0.29) is 17.8 Å². The zero-order valence-corrected chi connectivity index (χ0v) is 15.0. The molecule has 2 saturated heterocycles. The maximum atomic E-state index is 12.4. The highest BCUT2D eigenvalue weighted by Crippen LogP contribution is 2.40. The van der Waals surface area contributed by atoms with Crippen LogP contribution in [0.3, 0.4) is 0 Å². The van der Waals surface area contributed by atoms with E-state index in [1.807, 2.05) is 0 Å². The van der Waals surface area contributed by atoms with E-state index in [1.54, 1.807) is 0 Å². The number of hydrogen-bond donors (Lipinski definition) is 1. The average Bonchev–Trinajstić information content (AvgIpc) is 2.39. The number of halogens is 1. The van der Waals surface area contributed by atoms with Gasteiger partial charge in [0.05, 0.1) is 0 Å². The number of carbonyl (C=O) groups is 1. The molecule has 4 heteroatoms. The predicted molar refractivity (Wildman–Crippen MR) is 90.8 cm³/mol. The van der Waals surface area contributed by atoms with Crippen LogP contribution < -0.4 is 5.32 Å². The van der Waals surface area contributed by atoms with Gasteiger partial charge in [-0.2, -0.15) is 0 Å². The monoisotopic (exact) mass is 316 g/mol. The minimum atomic E-state index is 0. The van der Waals surface area contributed by atoms with Gasteiger partial charge < -0.3 is 10.2 Å². The summed E-state index contributed by atoms with van der Waals surface area (Å²) >= 11 is 0. The molecule has 2 aliphatic heterocycles. The molecule has 1 N–H and O–H groups in total. The number of rotatable bonds is 2. The lowest BCUT2D eigenvalue weighted by Crippen LogP contribution is -2.47. The Morgan fingerprint density at radius 2 is 1.67 bits per heavy atom. The third-order valence-corrected chi connectivity index (χ3v) is 5.80. The molecule has 0 aliphatic carbocycles. The number of nitrogens with one attached hydrogen (secondary N) is 1. The number of carbonyl (C=O) groups excluding carboxylic acids is 1. The smallest absolute Gasteiger partial charge is 0.222 e. The third-order valence-electron chi connectivity index (χ3n) is 5.80. The van der Waals surface area contributed by atoms with Gasteiger partial charge in [0.15, 0.2) is 0 Å². The quantitative estimate of drug-likeness (QED) is 0.846. The average molecular weight is 317 g/mol. The summed E-state index contributed by atoms with van der Waals surface area (Å²) in [4.78, 5) is 14.6. The molecule has 2 fully saturated rings. The van der Waals surface area contributed by atoms with Crippen molar-refractivity contribution in [3.05, 3.63) is 0 Å². The van der Waals surface area contributed by atoms with E-state index in [0.717, 1.165) is 26.2 Å². The molecule has 1 atom stereocenters. The number of nitrogens with zero attached hydrogens (tertiary/aromatic N) is 1. The minimum Gasteiger partial charge on any atom is -0.343 e. The molecule has 1 amide bonds. The number of hydrogen-bond acceptors (Lipinski definition) is 2. The van der Waals surface area contributed by atoms with Crippen molar-refractivity contribution in [1.82, 2.24) is 10.2 Å². The molecule has 0 aromatic carbocycles. The van der Waals surface area contributed by atoms with Crippen LogP contribution in [-0.2, 0) is 4.79 Å². The first-order valence-corrected chi connectivity index (χ1v) is 8.31. The van der Waals surface area contributed by atoms with Gasteiger partial charge in [-0.1, -0.05) is 27.7 Å². The van der Waals surface area contributed by atoms with Crippen molar-refractivity contribution in [2.24, 2.45) is 16.7 Å². The maximum Gasteiger partial charge on any atom is 0.222 e. The molecular weight excluding hydrogens is 284 g/mol. The number of likely N-dealkylation sites (tertiary alicyclic amines) is 1. The second-order valence-electron chi connectivity index (χ2n) is 8.10. The van der Waals surface area contributed by atoms with Crippen molar-refractivity contribution in [2.75, 3.05) is 26.2 Å². The Hall–Kier alpha value is -0.280. The minimum absolute atomic E-state index is 0. The van der Waals surface area contributed by atoms with Crippen LogP contribution in [0.4, 0.5) is 0 Å². The summed E-state index contributed by atoms with van der Waals surface area (Å²) in [7, 11) is 0. The Bertz CT molecular complexity index is 335. The van der Waals surface area contributed by atoms with E-state index in [4.69, 9.17) is 0 Å². The van der Waals surface area contributed by atoms with Crippen molar-refractivity contribution < 1.29 is 4.79 Å². The van der Waals surface area contributed by atoms with Crippen molar-refractivity contribution in [3.63, 3.8) is 0 Å². The van der Waals surface area contributed by atoms with Gasteiger partial charge >= 0.3 is 0 Å². The van der Waals surface area contributed by atoms with Gasteiger partial charge in [-0.15, -0.1) is 12.4 Å². The lowest BCUT2D eigenvalue weighted by Gasteiger charge is -2.44. The van der Waals surface area contributed by atoms with Crippen molar-refractivity contribution >= 4 is 18.3 Å². The molecular formula is C17H33ClN2O. The Labute approximate surface area is 136 Å². The van der Waals surface area contributed by atoms with Gasteiger partial charge in [-0.05, 0) is 55.5 Å². The van der Waals surface area contributed by atoms with Crippen LogP contribution in [0.25, 0.3) is 0 Å². The van der Waals surface area contributed by atoms with Crippen molar-refractivity contribution in [2.45, 2.75) is 59.8 Å². The molecule has 0 radical (unpaired) electrons. The third kappa shape index (κ3) is 4.85. The summed E-state index contributed by atoms with van der Waals surface area (Å²) in [5.41, 5.74) is 0.763. The molecule has 2 aliphatic rings. The van der Waals surface area contributed by atoms with E-state index >= 15 is 0 Å². The highest BCUT2D eigenvalue weighted by molar-refractivity contribution is 5.85. The molecule has 1 unspecified atom stereocenters. The lowest BCUT2D eigenvalue weighted by atomic mass is 9.71. The highest BCUT2D eigenvalue weighted by atomic mass is 35.5. The van der Waals surface area contributed by atoms with E-state index in [1.165, 1.54) is 25.7 Å². The Morgan fingerprint density at radius 1 is 1.14 bits per heavy atom. The van der Waals surface area contributed by atoms with E-state index in [9.17, 15) is 4.79 Å². The van der Waals surface area contributed by atoms with Gasteiger partial charge in [0, 0.05) is 19.5 Å². The number of amides is 1. The number of piperidine rings is 2. The fourth-order valence-electron chi connectivity index (χ4n) is 3.38. The molecule has 0 bridgehead atoms. The van der Waals surface area contributed by atoms with Crippen molar-refractivity contribution in [3.8, 4) is 0 Å². The SMILES string of the molecule is CC(CC(=O)N1CCC2(CCNCC2)CC1)C(C)(C)C.Cl. The standard InChI is InChI=1S/C17H32N2O.ClH/c1-14(16(2,3)4)13-15(20)19-11-7-17(8-12-19)5-9-18-10-6-17;/h14,18H,5-13H2,1-4H3;1H. The Balaban J connectivity index is 0.00000220. The molecule has 0 saturated carbocycles. The van der Waals surface area contributed by atoms with Crippen molar-refractivity contribution in [1.29, 1.82) is 0 Å². The fourth-order valence-corrected chi connectivity index (χ4v) is 3.38. The van der Waals surface area contributed by atoms with Crippen LogP contribution in [0.5, 0.6) is 0 Å². The second kappa shape index (κ2) is 7.32. The molecule has 21 heavy (non-hydrogen) atoms. The first kappa shape index (κ1) is 18.8. The molecule has 1 spiro atoms. The summed E-state index contributed by atoms with van der Waals surface area (Å²) in [5.74, 6) is 0.820. The summed E-state index contributed by atoms with van der Waals surface area (Å²) in [5, 5.41) is 3.45. The molecule has 124 valence electrons. The maximum absolute atomic E-state index is 12.4. The summed E-state index contributed by atoms with van der Waals surface area (Å²) in [6.07, 6.45) is 5.73.